The summed E-state index contributed by atoms with van der Waals surface area (Å²) < 4.78 is 0. The number of aliphatic hydroxyl groups excluding tert-OH is 1. The molecule has 1 spiro atoms. The fraction of sp³-hybridized carbons (Fsp3) is 0.733. The summed E-state index contributed by atoms with van der Waals surface area (Å²) in [7, 11) is 0. The monoisotopic (exact) mass is 363 g/mol. The van der Waals surface area contributed by atoms with Crippen LogP contribution in [0.4, 0.5) is 11.6 Å². The number of aromatic nitrogens is 2. The van der Waals surface area contributed by atoms with E-state index in [1.54, 1.807) is 6.33 Å². The Kier molecular flexibility index (Phi) is 8.33. The van der Waals surface area contributed by atoms with Crippen LogP contribution in [0.5, 0.6) is 0 Å². The van der Waals surface area contributed by atoms with Crippen molar-refractivity contribution in [2.75, 3.05) is 49.5 Å². The zero-order chi connectivity index (χ0) is 14.5. The molecular formula is C15H27Cl2N5O. The second-order valence-electron chi connectivity index (χ2n) is 6.15. The maximum Gasteiger partial charge on any atom is 0.134 e. The van der Waals surface area contributed by atoms with Crippen LogP contribution in [0, 0.1) is 5.41 Å². The molecule has 0 radical (unpaired) electrons. The molecule has 2 saturated heterocycles. The van der Waals surface area contributed by atoms with Gasteiger partial charge in [-0.15, -0.1) is 24.8 Å². The molecule has 0 atom stereocenters. The summed E-state index contributed by atoms with van der Waals surface area (Å²) in [4.78, 5) is 11.0. The van der Waals surface area contributed by atoms with Crippen molar-refractivity contribution in [3.05, 3.63) is 12.4 Å². The van der Waals surface area contributed by atoms with E-state index in [4.69, 9.17) is 5.11 Å². The lowest BCUT2D eigenvalue weighted by molar-refractivity contribution is 0.154. The number of hydrogen-bond acceptors (Lipinski definition) is 6. The summed E-state index contributed by atoms with van der Waals surface area (Å²) in [5, 5.41) is 15.4. The van der Waals surface area contributed by atoms with E-state index < -0.39 is 0 Å². The van der Waals surface area contributed by atoms with Crippen LogP contribution in [0.2, 0.25) is 0 Å². The lowest BCUT2D eigenvalue weighted by Crippen LogP contribution is -2.45. The van der Waals surface area contributed by atoms with Crippen LogP contribution in [0.1, 0.15) is 25.7 Å². The third kappa shape index (κ3) is 5.08. The van der Waals surface area contributed by atoms with Gasteiger partial charge in [0.2, 0.25) is 0 Å². The zero-order valence-corrected chi connectivity index (χ0v) is 15.0. The SMILES string of the molecule is Cl.Cl.OCCNc1cc(N2CCC3(CCNCC3)CC2)ncn1. The Morgan fingerprint density at radius 3 is 2.48 bits per heavy atom. The van der Waals surface area contributed by atoms with Crippen molar-refractivity contribution in [3.63, 3.8) is 0 Å². The third-order valence-corrected chi connectivity index (χ3v) is 4.88. The Balaban J connectivity index is 0.00000132. The topological polar surface area (TPSA) is 73.3 Å². The Morgan fingerprint density at radius 1 is 1.13 bits per heavy atom. The summed E-state index contributed by atoms with van der Waals surface area (Å²) in [5.74, 6) is 1.78. The average Bonchev–Trinajstić information content (AvgIpc) is 2.55. The Hall–Kier alpha value is -0.820. The molecule has 2 fully saturated rings. The van der Waals surface area contributed by atoms with Gasteiger partial charge in [-0.05, 0) is 44.2 Å². The summed E-state index contributed by atoms with van der Waals surface area (Å²) in [5.41, 5.74) is 0.562. The molecule has 0 aromatic carbocycles. The molecule has 3 N–H and O–H groups in total. The van der Waals surface area contributed by atoms with E-state index in [2.05, 4.69) is 25.5 Å². The highest BCUT2D eigenvalue weighted by Gasteiger charge is 2.35. The summed E-state index contributed by atoms with van der Waals surface area (Å²) in [6.07, 6.45) is 6.75. The van der Waals surface area contributed by atoms with E-state index >= 15 is 0 Å². The fourth-order valence-corrected chi connectivity index (χ4v) is 3.47. The predicted octanol–water partition coefficient (Wildman–Crippen LogP) is 1.69. The molecule has 0 bridgehead atoms. The van der Waals surface area contributed by atoms with Crippen molar-refractivity contribution in [2.45, 2.75) is 25.7 Å². The number of nitrogens with one attached hydrogen (secondary N) is 2. The molecule has 3 heterocycles. The van der Waals surface area contributed by atoms with Crippen molar-refractivity contribution >= 4 is 36.4 Å². The van der Waals surface area contributed by atoms with Gasteiger partial charge in [-0.25, -0.2) is 9.97 Å². The van der Waals surface area contributed by atoms with Crippen LogP contribution in [-0.4, -0.2) is 54.4 Å². The van der Waals surface area contributed by atoms with Crippen molar-refractivity contribution in [1.82, 2.24) is 15.3 Å². The molecule has 23 heavy (non-hydrogen) atoms. The molecule has 0 aliphatic carbocycles. The van der Waals surface area contributed by atoms with Crippen LogP contribution in [0.3, 0.4) is 0 Å². The Labute approximate surface area is 150 Å². The number of anilines is 2. The van der Waals surface area contributed by atoms with Crippen LogP contribution in [0.15, 0.2) is 12.4 Å². The fourth-order valence-electron chi connectivity index (χ4n) is 3.47. The third-order valence-electron chi connectivity index (χ3n) is 4.88. The highest BCUT2D eigenvalue weighted by molar-refractivity contribution is 5.85. The standard InChI is InChI=1S/C15H25N5O.2ClH/c21-10-7-17-13-11-14(19-12-18-13)20-8-3-15(4-9-20)1-5-16-6-2-15;;/h11-12,16,21H,1-10H2,(H,17,18,19);2*1H. The molecule has 2 aliphatic rings. The number of rotatable bonds is 4. The van der Waals surface area contributed by atoms with Gasteiger partial charge in [-0.3, -0.25) is 0 Å². The van der Waals surface area contributed by atoms with Gasteiger partial charge < -0.3 is 20.6 Å². The number of halogens is 2. The highest BCUT2D eigenvalue weighted by Crippen LogP contribution is 2.40. The summed E-state index contributed by atoms with van der Waals surface area (Å²) >= 11 is 0. The smallest absolute Gasteiger partial charge is 0.134 e. The van der Waals surface area contributed by atoms with Crippen LogP contribution >= 0.6 is 24.8 Å². The van der Waals surface area contributed by atoms with E-state index in [0.717, 1.165) is 24.7 Å². The lowest BCUT2D eigenvalue weighted by Gasteiger charge is -2.44. The minimum Gasteiger partial charge on any atom is -0.395 e. The molecule has 2 aliphatic heterocycles. The molecular weight excluding hydrogens is 337 g/mol. The van der Waals surface area contributed by atoms with Gasteiger partial charge in [0.15, 0.2) is 0 Å². The Bertz CT molecular complexity index is 461. The first-order valence-electron chi connectivity index (χ1n) is 7.94. The molecule has 0 unspecified atom stereocenters. The van der Waals surface area contributed by atoms with Crippen LogP contribution in [0.25, 0.3) is 0 Å². The molecule has 0 saturated carbocycles. The van der Waals surface area contributed by atoms with E-state index in [1.807, 2.05) is 6.07 Å². The predicted molar refractivity (Wildman–Crippen MR) is 98.1 cm³/mol. The van der Waals surface area contributed by atoms with Crippen molar-refractivity contribution in [2.24, 2.45) is 5.41 Å². The molecule has 3 rings (SSSR count). The Morgan fingerprint density at radius 2 is 1.83 bits per heavy atom. The summed E-state index contributed by atoms with van der Waals surface area (Å²) in [6.45, 7) is 5.13. The van der Waals surface area contributed by atoms with E-state index in [1.165, 1.54) is 38.8 Å². The van der Waals surface area contributed by atoms with Gasteiger partial charge in [0.25, 0.3) is 0 Å². The second-order valence-corrected chi connectivity index (χ2v) is 6.15. The van der Waals surface area contributed by atoms with E-state index in [9.17, 15) is 0 Å². The minimum absolute atomic E-state index is 0. The van der Waals surface area contributed by atoms with Gasteiger partial charge >= 0.3 is 0 Å². The minimum atomic E-state index is 0. The maximum absolute atomic E-state index is 8.86. The molecule has 132 valence electrons. The lowest BCUT2D eigenvalue weighted by atomic mass is 9.71. The quantitative estimate of drug-likeness (QED) is 0.755. The van der Waals surface area contributed by atoms with Gasteiger partial charge in [0.05, 0.1) is 6.61 Å². The number of aliphatic hydroxyl groups is 1. The normalized spacial score (nSPS) is 19.6. The van der Waals surface area contributed by atoms with E-state index in [-0.39, 0.29) is 31.4 Å². The van der Waals surface area contributed by atoms with Gasteiger partial charge in [-0.2, -0.15) is 0 Å². The largest absolute Gasteiger partial charge is 0.395 e. The van der Waals surface area contributed by atoms with Crippen molar-refractivity contribution in [1.29, 1.82) is 0 Å². The average molecular weight is 364 g/mol. The first-order chi connectivity index (χ1) is 10.3. The number of nitrogens with zero attached hydrogens (tertiary/aromatic N) is 3. The molecule has 6 nitrogen and oxygen atoms in total. The number of hydrogen-bond donors (Lipinski definition) is 3. The maximum atomic E-state index is 8.86. The van der Waals surface area contributed by atoms with Gasteiger partial charge in [0, 0.05) is 25.7 Å². The molecule has 0 amide bonds. The molecule has 1 aromatic heterocycles. The summed E-state index contributed by atoms with van der Waals surface area (Å²) in [6, 6.07) is 1.98. The highest BCUT2D eigenvalue weighted by atomic mass is 35.5. The van der Waals surface area contributed by atoms with Crippen molar-refractivity contribution < 1.29 is 5.11 Å². The number of piperidine rings is 2. The first kappa shape index (κ1) is 20.2. The molecule has 1 aromatic rings. The zero-order valence-electron chi connectivity index (χ0n) is 13.3. The molecule has 8 heteroatoms. The van der Waals surface area contributed by atoms with Crippen molar-refractivity contribution in [3.8, 4) is 0 Å². The second kappa shape index (κ2) is 9.47. The first-order valence-corrected chi connectivity index (χ1v) is 7.94. The van der Waals surface area contributed by atoms with Crippen LogP contribution in [-0.2, 0) is 0 Å². The van der Waals surface area contributed by atoms with Gasteiger partial charge in [-0.1, -0.05) is 0 Å². The van der Waals surface area contributed by atoms with Gasteiger partial charge in [0.1, 0.15) is 18.0 Å². The van der Waals surface area contributed by atoms with E-state index in [0.29, 0.717) is 12.0 Å². The van der Waals surface area contributed by atoms with Crippen LogP contribution < -0.4 is 15.5 Å².